The molecule has 0 radical (unpaired) electrons. The third-order valence-electron chi connectivity index (χ3n) is 5.18. The SMILES string of the molecule is CN=C(NCC(=O)NCc1ccccc1)NCC(c1ccc(F)cc1)N1CCOCC1. The number of aliphatic imine (C=N–C) groups is 1. The number of rotatable bonds is 8. The second-order valence-corrected chi connectivity index (χ2v) is 7.28. The van der Waals surface area contributed by atoms with Crippen molar-refractivity contribution in [3.8, 4) is 0 Å². The van der Waals surface area contributed by atoms with Gasteiger partial charge in [0.2, 0.25) is 5.91 Å². The molecule has 31 heavy (non-hydrogen) atoms. The van der Waals surface area contributed by atoms with Gasteiger partial charge in [0, 0.05) is 33.2 Å². The average Bonchev–Trinajstić information content (AvgIpc) is 2.82. The molecule has 1 heterocycles. The normalized spacial score (nSPS) is 15.9. The first-order valence-electron chi connectivity index (χ1n) is 10.5. The maximum Gasteiger partial charge on any atom is 0.239 e. The first kappa shape index (κ1) is 22.7. The molecular weight excluding hydrogens is 397 g/mol. The molecule has 0 aromatic heterocycles. The van der Waals surface area contributed by atoms with Gasteiger partial charge in [0.05, 0.1) is 25.8 Å². The molecule has 3 N–H and O–H groups in total. The molecule has 0 aliphatic carbocycles. The number of carbonyl (C=O) groups excluding carboxylic acids is 1. The molecule has 2 aromatic carbocycles. The Morgan fingerprint density at radius 1 is 1.06 bits per heavy atom. The fourth-order valence-corrected chi connectivity index (χ4v) is 3.47. The molecule has 0 bridgehead atoms. The number of ether oxygens (including phenoxy) is 1. The molecule has 1 aliphatic heterocycles. The number of amides is 1. The maximum absolute atomic E-state index is 13.4. The summed E-state index contributed by atoms with van der Waals surface area (Å²) in [6, 6.07) is 16.4. The Morgan fingerprint density at radius 3 is 2.45 bits per heavy atom. The average molecular weight is 428 g/mol. The highest BCUT2D eigenvalue weighted by atomic mass is 19.1. The smallest absolute Gasteiger partial charge is 0.239 e. The highest BCUT2D eigenvalue weighted by Gasteiger charge is 2.23. The Morgan fingerprint density at radius 2 is 1.77 bits per heavy atom. The number of nitrogens with one attached hydrogen (secondary N) is 3. The van der Waals surface area contributed by atoms with Crippen LogP contribution in [0.5, 0.6) is 0 Å². The van der Waals surface area contributed by atoms with Crippen LogP contribution in [0, 0.1) is 5.82 Å². The predicted octanol–water partition coefficient (Wildman–Crippen LogP) is 1.68. The molecular formula is C23H30FN5O2. The maximum atomic E-state index is 13.4. The molecule has 8 heteroatoms. The minimum atomic E-state index is -0.253. The molecule has 1 amide bonds. The number of carbonyl (C=O) groups is 1. The highest BCUT2D eigenvalue weighted by Crippen LogP contribution is 2.21. The van der Waals surface area contributed by atoms with E-state index < -0.39 is 0 Å². The van der Waals surface area contributed by atoms with Gasteiger partial charge in [-0.1, -0.05) is 42.5 Å². The van der Waals surface area contributed by atoms with E-state index in [9.17, 15) is 9.18 Å². The number of nitrogens with zero attached hydrogens (tertiary/aromatic N) is 2. The fraction of sp³-hybridized carbons (Fsp3) is 0.391. The standard InChI is InChI=1S/C23H30FN5O2/c1-25-23(28-17-22(30)26-15-18-5-3-2-4-6-18)27-16-21(29-11-13-31-14-12-29)19-7-9-20(24)10-8-19/h2-10,21H,11-17H2,1H3,(H,26,30)(H2,25,27,28). The van der Waals surface area contributed by atoms with Crippen LogP contribution in [0.25, 0.3) is 0 Å². The zero-order valence-corrected chi connectivity index (χ0v) is 17.8. The summed E-state index contributed by atoms with van der Waals surface area (Å²) in [6.45, 7) is 4.12. The van der Waals surface area contributed by atoms with E-state index in [4.69, 9.17) is 4.74 Å². The van der Waals surface area contributed by atoms with Gasteiger partial charge < -0.3 is 20.7 Å². The topological polar surface area (TPSA) is 78.0 Å². The van der Waals surface area contributed by atoms with Crippen LogP contribution in [-0.4, -0.2) is 63.2 Å². The van der Waals surface area contributed by atoms with Gasteiger partial charge in [0.15, 0.2) is 5.96 Å². The van der Waals surface area contributed by atoms with Crippen molar-refractivity contribution >= 4 is 11.9 Å². The third kappa shape index (κ3) is 7.34. The lowest BCUT2D eigenvalue weighted by Crippen LogP contribution is -2.47. The third-order valence-corrected chi connectivity index (χ3v) is 5.18. The van der Waals surface area contributed by atoms with E-state index in [1.807, 2.05) is 42.5 Å². The van der Waals surface area contributed by atoms with E-state index in [2.05, 4.69) is 25.8 Å². The highest BCUT2D eigenvalue weighted by molar-refractivity contribution is 5.86. The van der Waals surface area contributed by atoms with Crippen LogP contribution in [-0.2, 0) is 16.1 Å². The Kier molecular flexibility index (Phi) is 8.81. The first-order valence-corrected chi connectivity index (χ1v) is 10.5. The minimum Gasteiger partial charge on any atom is -0.379 e. The zero-order chi connectivity index (χ0) is 21.9. The minimum absolute atomic E-state index is 0.0370. The summed E-state index contributed by atoms with van der Waals surface area (Å²) >= 11 is 0. The second-order valence-electron chi connectivity index (χ2n) is 7.28. The monoisotopic (exact) mass is 427 g/mol. The second kappa shape index (κ2) is 12.0. The largest absolute Gasteiger partial charge is 0.379 e. The Labute approximate surface area is 182 Å². The van der Waals surface area contributed by atoms with Crippen molar-refractivity contribution in [2.24, 2.45) is 4.99 Å². The van der Waals surface area contributed by atoms with Gasteiger partial charge in [-0.3, -0.25) is 14.7 Å². The van der Waals surface area contributed by atoms with Gasteiger partial charge in [-0.2, -0.15) is 0 Å². The molecule has 1 aliphatic rings. The van der Waals surface area contributed by atoms with Crippen molar-refractivity contribution in [2.45, 2.75) is 12.6 Å². The van der Waals surface area contributed by atoms with Crippen LogP contribution in [0.3, 0.4) is 0 Å². The molecule has 0 saturated carbocycles. The molecule has 1 fully saturated rings. The summed E-state index contributed by atoms with van der Waals surface area (Å²) in [5, 5.41) is 9.22. The van der Waals surface area contributed by atoms with E-state index in [-0.39, 0.29) is 24.3 Å². The fourth-order valence-electron chi connectivity index (χ4n) is 3.47. The van der Waals surface area contributed by atoms with E-state index in [0.717, 1.165) is 24.2 Å². The quantitative estimate of drug-likeness (QED) is 0.441. The van der Waals surface area contributed by atoms with E-state index in [0.29, 0.717) is 32.3 Å². The lowest BCUT2D eigenvalue weighted by molar-refractivity contribution is -0.120. The van der Waals surface area contributed by atoms with Gasteiger partial charge in [0.1, 0.15) is 5.82 Å². The van der Waals surface area contributed by atoms with Crippen molar-refractivity contribution in [3.63, 3.8) is 0 Å². The predicted molar refractivity (Wildman–Crippen MR) is 119 cm³/mol. The van der Waals surface area contributed by atoms with Gasteiger partial charge in [-0.25, -0.2) is 4.39 Å². The summed E-state index contributed by atoms with van der Waals surface area (Å²) in [6.07, 6.45) is 0. The summed E-state index contributed by atoms with van der Waals surface area (Å²) in [5.41, 5.74) is 2.07. The lowest BCUT2D eigenvalue weighted by Gasteiger charge is -2.35. The molecule has 3 rings (SSSR count). The summed E-state index contributed by atoms with van der Waals surface area (Å²) in [4.78, 5) is 18.7. The van der Waals surface area contributed by atoms with E-state index in [1.165, 1.54) is 12.1 Å². The van der Waals surface area contributed by atoms with Crippen molar-refractivity contribution in [1.82, 2.24) is 20.9 Å². The van der Waals surface area contributed by atoms with Gasteiger partial charge in [-0.05, 0) is 23.3 Å². The molecule has 1 atom stereocenters. The van der Waals surface area contributed by atoms with Crippen LogP contribution in [0.1, 0.15) is 17.2 Å². The summed E-state index contributed by atoms with van der Waals surface area (Å²) < 4.78 is 18.9. The van der Waals surface area contributed by atoms with Crippen LogP contribution >= 0.6 is 0 Å². The number of hydrogen-bond acceptors (Lipinski definition) is 4. The summed E-state index contributed by atoms with van der Waals surface area (Å²) in [7, 11) is 1.67. The zero-order valence-electron chi connectivity index (χ0n) is 17.8. The molecule has 1 saturated heterocycles. The van der Waals surface area contributed by atoms with Crippen LogP contribution in [0.2, 0.25) is 0 Å². The van der Waals surface area contributed by atoms with E-state index in [1.54, 1.807) is 7.05 Å². The Hall–Kier alpha value is -2.97. The molecule has 0 spiro atoms. The molecule has 7 nitrogen and oxygen atoms in total. The first-order chi connectivity index (χ1) is 15.2. The Bertz CT molecular complexity index is 839. The number of halogens is 1. The van der Waals surface area contributed by atoms with Gasteiger partial charge in [0.25, 0.3) is 0 Å². The Balaban J connectivity index is 1.51. The van der Waals surface area contributed by atoms with Crippen molar-refractivity contribution in [1.29, 1.82) is 0 Å². The number of morpholine rings is 1. The molecule has 166 valence electrons. The van der Waals surface area contributed by atoms with Crippen molar-refractivity contribution in [2.75, 3.05) is 46.4 Å². The van der Waals surface area contributed by atoms with Crippen molar-refractivity contribution < 1.29 is 13.9 Å². The lowest BCUT2D eigenvalue weighted by atomic mass is 10.0. The summed E-state index contributed by atoms with van der Waals surface area (Å²) in [5.74, 6) is 0.168. The number of guanidine groups is 1. The molecule has 1 unspecified atom stereocenters. The van der Waals surface area contributed by atoms with Crippen LogP contribution < -0.4 is 16.0 Å². The van der Waals surface area contributed by atoms with Gasteiger partial charge in [-0.15, -0.1) is 0 Å². The van der Waals surface area contributed by atoms with E-state index >= 15 is 0 Å². The van der Waals surface area contributed by atoms with Crippen LogP contribution in [0.4, 0.5) is 4.39 Å². The molecule has 2 aromatic rings. The van der Waals surface area contributed by atoms with Crippen LogP contribution in [0.15, 0.2) is 59.6 Å². The number of hydrogen-bond donors (Lipinski definition) is 3. The van der Waals surface area contributed by atoms with Crippen molar-refractivity contribution in [3.05, 3.63) is 71.5 Å². The van der Waals surface area contributed by atoms with Gasteiger partial charge >= 0.3 is 0 Å². The number of benzene rings is 2.